The summed E-state index contributed by atoms with van der Waals surface area (Å²) in [5.74, 6) is 1.68. The topological polar surface area (TPSA) is 29.0 Å². The summed E-state index contributed by atoms with van der Waals surface area (Å²) >= 11 is 3.46. The molecule has 2 aromatic heterocycles. The molecule has 0 aliphatic carbocycles. The number of benzene rings is 1. The van der Waals surface area contributed by atoms with Gasteiger partial charge in [-0.05, 0) is 48.5 Å². The summed E-state index contributed by atoms with van der Waals surface area (Å²) in [5, 5.41) is 0. The van der Waals surface area contributed by atoms with Crippen molar-refractivity contribution >= 4 is 33.3 Å². The molecule has 2 heterocycles. The molecule has 98 valence electrons. The second kappa shape index (κ2) is 5.84. The molecule has 0 bridgehead atoms. The van der Waals surface area contributed by atoms with Crippen molar-refractivity contribution in [2.24, 2.45) is 0 Å². The molecule has 0 atom stereocenters. The first kappa shape index (κ1) is 12.8. The van der Waals surface area contributed by atoms with Crippen molar-refractivity contribution in [1.82, 2.24) is 9.97 Å². The van der Waals surface area contributed by atoms with Crippen molar-refractivity contribution in [1.29, 1.82) is 0 Å². The molecule has 20 heavy (non-hydrogen) atoms. The highest BCUT2D eigenvalue weighted by Crippen LogP contribution is 2.31. The van der Waals surface area contributed by atoms with Crippen LogP contribution in [0.5, 0.6) is 0 Å². The van der Waals surface area contributed by atoms with Gasteiger partial charge in [0.2, 0.25) is 0 Å². The van der Waals surface area contributed by atoms with Crippen LogP contribution in [0.2, 0.25) is 0 Å². The number of pyridine rings is 2. The average molecular weight is 326 g/mol. The van der Waals surface area contributed by atoms with E-state index in [1.807, 2.05) is 65.6 Å². The van der Waals surface area contributed by atoms with Crippen molar-refractivity contribution < 1.29 is 0 Å². The number of aromatic nitrogens is 2. The van der Waals surface area contributed by atoms with Gasteiger partial charge in [-0.15, -0.1) is 0 Å². The number of hydrogen-bond acceptors (Lipinski definition) is 3. The van der Waals surface area contributed by atoms with Crippen LogP contribution in [0, 0.1) is 0 Å². The molecule has 0 aliphatic heterocycles. The molecule has 3 aromatic rings. The Kier molecular flexibility index (Phi) is 3.74. The molecule has 0 saturated heterocycles. The molecular formula is C16H12BrN3. The Balaban J connectivity index is 2.11. The third kappa shape index (κ3) is 2.70. The van der Waals surface area contributed by atoms with E-state index in [9.17, 15) is 0 Å². The summed E-state index contributed by atoms with van der Waals surface area (Å²) in [6.45, 7) is 0. The van der Waals surface area contributed by atoms with E-state index < -0.39 is 0 Å². The molecule has 0 spiro atoms. The van der Waals surface area contributed by atoms with Crippen molar-refractivity contribution in [2.75, 3.05) is 4.90 Å². The lowest BCUT2D eigenvalue weighted by Gasteiger charge is -2.22. The first-order chi connectivity index (χ1) is 9.84. The Morgan fingerprint density at radius 3 is 1.70 bits per heavy atom. The van der Waals surface area contributed by atoms with Gasteiger partial charge in [-0.1, -0.05) is 28.1 Å². The first-order valence-electron chi connectivity index (χ1n) is 6.22. The van der Waals surface area contributed by atoms with E-state index in [2.05, 4.69) is 25.9 Å². The van der Waals surface area contributed by atoms with E-state index in [1.54, 1.807) is 12.4 Å². The molecule has 1 aromatic carbocycles. The van der Waals surface area contributed by atoms with Crippen molar-refractivity contribution in [3.63, 3.8) is 0 Å². The summed E-state index contributed by atoms with van der Waals surface area (Å²) in [6, 6.07) is 19.8. The molecule has 3 rings (SSSR count). The predicted octanol–water partition coefficient (Wildman–Crippen LogP) is 4.71. The lowest BCUT2D eigenvalue weighted by Crippen LogP contribution is -2.12. The van der Waals surface area contributed by atoms with Gasteiger partial charge >= 0.3 is 0 Å². The zero-order chi connectivity index (χ0) is 13.8. The van der Waals surface area contributed by atoms with Crippen molar-refractivity contribution in [3.05, 3.63) is 77.5 Å². The minimum absolute atomic E-state index is 0.841. The van der Waals surface area contributed by atoms with Gasteiger partial charge in [0, 0.05) is 22.6 Å². The molecule has 0 N–H and O–H groups in total. The summed E-state index contributed by atoms with van der Waals surface area (Å²) in [7, 11) is 0. The molecule has 0 amide bonds. The lowest BCUT2D eigenvalue weighted by atomic mass is 10.2. The van der Waals surface area contributed by atoms with E-state index >= 15 is 0 Å². The van der Waals surface area contributed by atoms with E-state index in [0.29, 0.717) is 0 Å². The zero-order valence-electron chi connectivity index (χ0n) is 10.6. The van der Waals surface area contributed by atoms with Crippen molar-refractivity contribution in [3.8, 4) is 0 Å². The van der Waals surface area contributed by atoms with Crippen LogP contribution in [0.4, 0.5) is 17.3 Å². The lowest BCUT2D eigenvalue weighted by molar-refractivity contribution is 1.12. The highest BCUT2D eigenvalue weighted by Gasteiger charge is 2.13. The normalized spacial score (nSPS) is 10.2. The second-order valence-electron chi connectivity index (χ2n) is 4.19. The van der Waals surface area contributed by atoms with Crippen LogP contribution in [0.15, 0.2) is 77.5 Å². The van der Waals surface area contributed by atoms with Crippen LogP contribution < -0.4 is 4.90 Å². The smallest absolute Gasteiger partial charge is 0.138 e. The molecule has 3 nitrogen and oxygen atoms in total. The van der Waals surface area contributed by atoms with E-state index in [4.69, 9.17) is 0 Å². The second-order valence-corrected chi connectivity index (χ2v) is 5.10. The van der Waals surface area contributed by atoms with Gasteiger partial charge in [0.25, 0.3) is 0 Å². The quantitative estimate of drug-likeness (QED) is 0.698. The number of hydrogen-bond donors (Lipinski definition) is 0. The Morgan fingerprint density at radius 2 is 1.25 bits per heavy atom. The molecular weight excluding hydrogens is 314 g/mol. The van der Waals surface area contributed by atoms with Gasteiger partial charge in [-0.25, -0.2) is 9.97 Å². The fourth-order valence-electron chi connectivity index (χ4n) is 1.94. The van der Waals surface area contributed by atoms with Gasteiger partial charge in [-0.3, -0.25) is 4.90 Å². The Morgan fingerprint density at radius 1 is 0.700 bits per heavy atom. The Bertz CT molecular complexity index is 630. The molecule has 4 heteroatoms. The fourth-order valence-corrected chi connectivity index (χ4v) is 2.21. The number of rotatable bonds is 3. The fraction of sp³-hybridized carbons (Fsp3) is 0. The van der Waals surface area contributed by atoms with Gasteiger partial charge in [0.05, 0.1) is 0 Å². The average Bonchev–Trinajstić information content (AvgIpc) is 2.52. The molecule has 0 fully saturated rings. The maximum Gasteiger partial charge on any atom is 0.138 e. The Hall–Kier alpha value is -2.20. The van der Waals surface area contributed by atoms with E-state index in [1.165, 1.54) is 0 Å². The van der Waals surface area contributed by atoms with Gasteiger partial charge in [-0.2, -0.15) is 0 Å². The van der Waals surface area contributed by atoms with Crippen molar-refractivity contribution in [2.45, 2.75) is 0 Å². The molecule has 0 aliphatic rings. The monoisotopic (exact) mass is 325 g/mol. The summed E-state index contributed by atoms with van der Waals surface area (Å²) < 4.78 is 1.04. The SMILES string of the molecule is Brc1ccc(N(c2ccccn2)c2ccccn2)cc1. The number of nitrogens with zero attached hydrogens (tertiary/aromatic N) is 3. The highest BCUT2D eigenvalue weighted by atomic mass is 79.9. The maximum absolute atomic E-state index is 4.43. The molecule has 0 unspecified atom stereocenters. The first-order valence-corrected chi connectivity index (χ1v) is 7.02. The van der Waals surface area contributed by atoms with Gasteiger partial charge in [0.15, 0.2) is 0 Å². The summed E-state index contributed by atoms with van der Waals surface area (Å²) in [5.41, 5.74) is 1.02. The van der Waals surface area contributed by atoms with Crippen LogP contribution in [-0.4, -0.2) is 9.97 Å². The van der Waals surface area contributed by atoms with Crippen LogP contribution in [0.3, 0.4) is 0 Å². The van der Waals surface area contributed by atoms with Gasteiger partial charge < -0.3 is 0 Å². The molecule has 0 saturated carbocycles. The van der Waals surface area contributed by atoms with Gasteiger partial charge in [0.1, 0.15) is 11.6 Å². The molecule has 0 radical (unpaired) electrons. The zero-order valence-corrected chi connectivity index (χ0v) is 12.2. The summed E-state index contributed by atoms with van der Waals surface area (Å²) in [6.07, 6.45) is 3.56. The maximum atomic E-state index is 4.43. The Labute approximate surface area is 126 Å². The number of anilines is 3. The van der Waals surface area contributed by atoms with E-state index in [0.717, 1.165) is 21.8 Å². The van der Waals surface area contributed by atoms with Crippen LogP contribution >= 0.6 is 15.9 Å². The standard InChI is InChI=1S/C16H12BrN3/c17-13-7-9-14(10-8-13)20(15-5-1-3-11-18-15)16-6-2-4-12-19-16/h1-12H. The minimum Gasteiger partial charge on any atom is -0.279 e. The number of halogens is 1. The largest absolute Gasteiger partial charge is 0.279 e. The van der Waals surface area contributed by atoms with Crippen LogP contribution in [0.25, 0.3) is 0 Å². The third-order valence-electron chi connectivity index (χ3n) is 2.84. The van der Waals surface area contributed by atoms with E-state index in [-0.39, 0.29) is 0 Å². The predicted molar refractivity (Wildman–Crippen MR) is 84.4 cm³/mol. The van der Waals surface area contributed by atoms with Crippen LogP contribution in [-0.2, 0) is 0 Å². The highest BCUT2D eigenvalue weighted by molar-refractivity contribution is 9.10. The summed E-state index contributed by atoms with van der Waals surface area (Å²) in [4.78, 5) is 10.9. The third-order valence-corrected chi connectivity index (χ3v) is 3.37. The minimum atomic E-state index is 0.841. The van der Waals surface area contributed by atoms with Crippen LogP contribution in [0.1, 0.15) is 0 Å².